The van der Waals surface area contributed by atoms with Crippen molar-refractivity contribution in [3.05, 3.63) is 35.3 Å². The Balaban J connectivity index is 1.43. The molecule has 3 aromatic rings. The van der Waals surface area contributed by atoms with E-state index in [9.17, 15) is 9.59 Å². The highest BCUT2D eigenvalue weighted by atomic mass is 16.5. The normalized spacial score (nSPS) is 14.5. The van der Waals surface area contributed by atoms with Crippen LogP contribution in [0.2, 0.25) is 0 Å². The monoisotopic (exact) mass is 525 g/mol. The number of piperazine rings is 1. The Bertz CT molecular complexity index is 1300. The van der Waals surface area contributed by atoms with E-state index >= 15 is 0 Å². The molecule has 1 unspecified atom stereocenters. The number of aryl methyl sites for hydroxylation is 1. The molecule has 1 fully saturated rings. The van der Waals surface area contributed by atoms with Gasteiger partial charge in [0.15, 0.2) is 11.5 Å². The Morgan fingerprint density at radius 1 is 1.21 bits per heavy atom. The van der Waals surface area contributed by atoms with E-state index in [2.05, 4.69) is 33.0 Å². The van der Waals surface area contributed by atoms with Crippen molar-refractivity contribution in [3.8, 4) is 6.01 Å². The number of pyridine rings is 1. The number of carboxylic acid groups (broad SMARTS) is 1. The zero-order valence-corrected chi connectivity index (χ0v) is 22.3. The van der Waals surface area contributed by atoms with Crippen molar-refractivity contribution < 1.29 is 19.4 Å². The third-order valence-corrected chi connectivity index (χ3v) is 6.56. The summed E-state index contributed by atoms with van der Waals surface area (Å²) in [5.41, 5.74) is 9.47. The standard InChI is InChI=1S/C25H35N9O4/c1-5-6-17(3)38-24-29-21(26)23-28-14-19(34(23)30-24)12-18-11-16(2)22(27-13-18)33-9-7-32(8-10-33)20(35)15-31(4)25(36)37/h11,13-14,17H,5-10,12,15H2,1-4H3,(H,36,37)(H2,26,29,30). The number of likely N-dealkylation sites (N-methyl/N-ethyl adjacent to an activating group) is 1. The van der Waals surface area contributed by atoms with Crippen LogP contribution in [-0.4, -0.2) is 97.3 Å². The maximum absolute atomic E-state index is 12.4. The van der Waals surface area contributed by atoms with Crippen LogP contribution in [0.3, 0.4) is 0 Å². The number of aromatic nitrogens is 5. The molecule has 204 valence electrons. The van der Waals surface area contributed by atoms with Gasteiger partial charge < -0.3 is 30.3 Å². The van der Waals surface area contributed by atoms with E-state index in [4.69, 9.17) is 20.6 Å². The Morgan fingerprint density at radius 3 is 2.61 bits per heavy atom. The Morgan fingerprint density at radius 2 is 1.95 bits per heavy atom. The van der Waals surface area contributed by atoms with Gasteiger partial charge in [-0.3, -0.25) is 4.79 Å². The van der Waals surface area contributed by atoms with Gasteiger partial charge in [-0.1, -0.05) is 19.4 Å². The molecule has 3 N–H and O–H groups in total. The average Bonchev–Trinajstić information content (AvgIpc) is 3.27. The zero-order chi connectivity index (χ0) is 27.4. The van der Waals surface area contributed by atoms with Crippen LogP contribution in [0.25, 0.3) is 5.65 Å². The number of rotatable bonds is 9. The summed E-state index contributed by atoms with van der Waals surface area (Å²) in [5, 5.41) is 13.5. The molecule has 0 spiro atoms. The highest BCUT2D eigenvalue weighted by molar-refractivity contribution is 5.82. The van der Waals surface area contributed by atoms with Gasteiger partial charge in [0.25, 0.3) is 0 Å². The number of anilines is 2. The summed E-state index contributed by atoms with van der Waals surface area (Å²) in [6.07, 6.45) is 4.88. The minimum Gasteiger partial charge on any atom is -0.465 e. The number of imidazole rings is 1. The van der Waals surface area contributed by atoms with Crippen LogP contribution in [0.1, 0.15) is 43.5 Å². The number of hydrogen-bond donors (Lipinski definition) is 2. The lowest BCUT2D eigenvalue weighted by Gasteiger charge is -2.36. The lowest BCUT2D eigenvalue weighted by Crippen LogP contribution is -2.51. The molecule has 38 heavy (non-hydrogen) atoms. The number of carbonyl (C=O) groups is 2. The van der Waals surface area contributed by atoms with Crippen molar-refractivity contribution in [1.82, 2.24) is 34.4 Å². The third-order valence-electron chi connectivity index (χ3n) is 6.56. The maximum atomic E-state index is 12.4. The molecule has 1 saturated heterocycles. The first-order valence-electron chi connectivity index (χ1n) is 12.7. The van der Waals surface area contributed by atoms with Crippen molar-refractivity contribution >= 4 is 29.3 Å². The average molecular weight is 526 g/mol. The molecule has 0 aromatic carbocycles. The summed E-state index contributed by atoms with van der Waals surface area (Å²) >= 11 is 0. The summed E-state index contributed by atoms with van der Waals surface area (Å²) in [6.45, 7) is 8.22. The van der Waals surface area contributed by atoms with Gasteiger partial charge in [-0.15, -0.1) is 5.10 Å². The van der Waals surface area contributed by atoms with E-state index < -0.39 is 6.09 Å². The molecule has 4 rings (SSSR count). The van der Waals surface area contributed by atoms with Gasteiger partial charge in [-0.25, -0.2) is 19.3 Å². The topological polar surface area (TPSA) is 155 Å². The quantitative estimate of drug-likeness (QED) is 0.422. The van der Waals surface area contributed by atoms with Crippen LogP contribution in [0.5, 0.6) is 6.01 Å². The molecule has 0 aliphatic carbocycles. The predicted molar refractivity (Wildman–Crippen MR) is 141 cm³/mol. The minimum atomic E-state index is -1.12. The zero-order valence-electron chi connectivity index (χ0n) is 22.3. The van der Waals surface area contributed by atoms with Crippen LogP contribution < -0.4 is 15.4 Å². The van der Waals surface area contributed by atoms with Crippen molar-refractivity contribution in [2.24, 2.45) is 0 Å². The smallest absolute Gasteiger partial charge is 0.407 e. The van der Waals surface area contributed by atoms with Crippen molar-refractivity contribution in [2.45, 2.75) is 46.1 Å². The number of hydrogen-bond acceptors (Lipinski definition) is 9. The second kappa shape index (κ2) is 11.5. The fraction of sp³-hybridized carbons (Fsp3) is 0.520. The highest BCUT2D eigenvalue weighted by Crippen LogP contribution is 2.22. The molecule has 0 radical (unpaired) electrons. The SMILES string of the molecule is CCCC(C)Oc1nc(N)c2ncc(Cc3cnc(N4CCN(C(=O)CN(C)C(=O)O)CC4)c(C)c3)n2n1. The van der Waals surface area contributed by atoms with Gasteiger partial charge >= 0.3 is 12.1 Å². The molecule has 3 aromatic heterocycles. The largest absolute Gasteiger partial charge is 0.465 e. The summed E-state index contributed by atoms with van der Waals surface area (Å²) in [5.74, 6) is 0.941. The molecule has 1 aliphatic rings. The van der Waals surface area contributed by atoms with Gasteiger partial charge in [0.05, 0.1) is 18.0 Å². The number of fused-ring (bicyclic) bond motifs is 1. The summed E-state index contributed by atoms with van der Waals surface area (Å²) in [6, 6.07) is 2.32. The first kappa shape index (κ1) is 26.9. The van der Waals surface area contributed by atoms with Crippen LogP contribution in [0.15, 0.2) is 18.5 Å². The first-order valence-corrected chi connectivity index (χ1v) is 12.7. The molecule has 0 bridgehead atoms. The number of nitrogens with zero attached hydrogens (tertiary/aromatic N) is 8. The fourth-order valence-corrected chi connectivity index (χ4v) is 4.54. The van der Waals surface area contributed by atoms with Gasteiger partial charge in [0.2, 0.25) is 5.91 Å². The molecule has 13 nitrogen and oxygen atoms in total. The van der Waals surface area contributed by atoms with Crippen LogP contribution in [0.4, 0.5) is 16.4 Å². The molecule has 1 atom stereocenters. The van der Waals surface area contributed by atoms with Crippen LogP contribution in [-0.2, 0) is 11.2 Å². The molecular weight excluding hydrogens is 490 g/mol. The van der Waals surface area contributed by atoms with Crippen LogP contribution >= 0.6 is 0 Å². The number of amides is 2. The van der Waals surface area contributed by atoms with E-state index in [0.717, 1.165) is 40.4 Å². The Labute approximate surface area is 221 Å². The van der Waals surface area contributed by atoms with E-state index in [1.165, 1.54) is 7.05 Å². The first-order chi connectivity index (χ1) is 18.2. The van der Waals surface area contributed by atoms with Gasteiger partial charge in [-0.05, 0) is 31.4 Å². The number of nitrogens with two attached hydrogens (primary N) is 1. The summed E-state index contributed by atoms with van der Waals surface area (Å²) in [7, 11) is 1.39. The lowest BCUT2D eigenvalue weighted by molar-refractivity contribution is -0.132. The second-order valence-corrected chi connectivity index (χ2v) is 9.65. The van der Waals surface area contributed by atoms with E-state index in [1.54, 1.807) is 15.6 Å². The lowest BCUT2D eigenvalue weighted by atomic mass is 10.1. The predicted octanol–water partition coefficient (Wildman–Crippen LogP) is 1.83. The van der Waals surface area contributed by atoms with Gasteiger partial charge in [0.1, 0.15) is 12.4 Å². The molecule has 13 heteroatoms. The van der Waals surface area contributed by atoms with Crippen molar-refractivity contribution in [2.75, 3.05) is 50.4 Å². The molecular formula is C25H35N9O4. The molecule has 4 heterocycles. The molecule has 0 saturated carbocycles. The van der Waals surface area contributed by atoms with Crippen molar-refractivity contribution in [3.63, 3.8) is 0 Å². The van der Waals surface area contributed by atoms with Gasteiger partial charge in [-0.2, -0.15) is 4.98 Å². The highest BCUT2D eigenvalue weighted by Gasteiger charge is 2.24. The number of nitrogen functional groups attached to an aromatic ring is 1. The van der Waals surface area contributed by atoms with Gasteiger partial charge in [0, 0.05) is 45.8 Å². The van der Waals surface area contributed by atoms with Crippen LogP contribution in [0, 0.1) is 6.92 Å². The Hall–Kier alpha value is -4.16. The summed E-state index contributed by atoms with van der Waals surface area (Å²) < 4.78 is 7.53. The fourth-order valence-electron chi connectivity index (χ4n) is 4.54. The summed E-state index contributed by atoms with van der Waals surface area (Å²) in [4.78, 5) is 41.6. The number of ether oxygens (including phenoxy) is 1. The van der Waals surface area contributed by atoms with E-state index in [0.29, 0.717) is 38.2 Å². The number of carbonyl (C=O) groups excluding carboxylic acids is 1. The molecule has 2 amide bonds. The maximum Gasteiger partial charge on any atom is 0.407 e. The van der Waals surface area contributed by atoms with Crippen molar-refractivity contribution in [1.29, 1.82) is 0 Å². The Kier molecular flexibility index (Phi) is 8.13. The third kappa shape index (κ3) is 6.03. The second-order valence-electron chi connectivity index (χ2n) is 9.65. The molecule has 1 aliphatic heterocycles. The minimum absolute atomic E-state index is 0.0192. The van der Waals surface area contributed by atoms with E-state index in [-0.39, 0.29) is 30.4 Å². The van der Waals surface area contributed by atoms with E-state index in [1.807, 2.05) is 20.0 Å².